The molecular weight excluding hydrogens is 488 g/mol. The van der Waals surface area contributed by atoms with Crippen molar-refractivity contribution in [1.82, 2.24) is 10.2 Å². The van der Waals surface area contributed by atoms with E-state index >= 15 is 0 Å². The van der Waals surface area contributed by atoms with Crippen LogP contribution in [-0.2, 0) is 22.0 Å². The smallest absolute Gasteiger partial charge is 0.251 e. The highest BCUT2D eigenvalue weighted by molar-refractivity contribution is 5.96. The second-order valence-corrected chi connectivity index (χ2v) is 12.0. The molecule has 6 heteroatoms. The number of hydrogen-bond donors (Lipinski definition) is 1. The van der Waals surface area contributed by atoms with Gasteiger partial charge in [0, 0.05) is 26.5 Å². The molecule has 0 aromatic heterocycles. The number of ketones is 1. The number of carbonyl (C=O) groups excluding carboxylic acids is 2. The predicted molar refractivity (Wildman–Crippen MR) is 156 cm³/mol. The van der Waals surface area contributed by atoms with Crippen LogP contribution in [0.1, 0.15) is 62.1 Å². The van der Waals surface area contributed by atoms with Crippen LogP contribution >= 0.6 is 0 Å². The molecular formula is C33H40N2O4. The average molecular weight is 529 g/mol. The summed E-state index contributed by atoms with van der Waals surface area (Å²) in [5.74, 6) is 1.62. The topological polar surface area (TPSA) is 67.9 Å². The van der Waals surface area contributed by atoms with Crippen LogP contribution in [0.4, 0.5) is 0 Å². The lowest BCUT2D eigenvalue weighted by Gasteiger charge is -2.24. The molecule has 0 spiro atoms. The van der Waals surface area contributed by atoms with Crippen molar-refractivity contribution in [1.29, 1.82) is 0 Å². The largest absolute Gasteiger partial charge is 0.454 e. The molecule has 1 aliphatic heterocycles. The van der Waals surface area contributed by atoms with E-state index in [0.717, 1.165) is 53.1 Å². The molecule has 1 heterocycles. The van der Waals surface area contributed by atoms with Gasteiger partial charge in [-0.3, -0.25) is 9.59 Å². The van der Waals surface area contributed by atoms with Gasteiger partial charge in [-0.1, -0.05) is 57.2 Å². The molecule has 3 aromatic rings. The van der Waals surface area contributed by atoms with Gasteiger partial charge in [-0.05, 0) is 84.4 Å². The first-order valence-corrected chi connectivity index (χ1v) is 13.7. The van der Waals surface area contributed by atoms with E-state index < -0.39 is 5.41 Å². The molecule has 2 aliphatic rings. The molecule has 1 saturated carbocycles. The van der Waals surface area contributed by atoms with Crippen LogP contribution in [0.2, 0.25) is 0 Å². The number of benzene rings is 3. The van der Waals surface area contributed by atoms with Gasteiger partial charge in [0.15, 0.2) is 11.5 Å². The number of likely N-dealkylation sites (N-methyl/N-ethyl adjacent to an activating group) is 1. The zero-order valence-corrected chi connectivity index (χ0v) is 23.6. The molecule has 3 aromatic carbocycles. The van der Waals surface area contributed by atoms with E-state index in [0.29, 0.717) is 18.5 Å². The van der Waals surface area contributed by atoms with Gasteiger partial charge in [0.25, 0.3) is 5.91 Å². The monoisotopic (exact) mass is 528 g/mol. The van der Waals surface area contributed by atoms with Crippen LogP contribution in [0, 0.1) is 0 Å². The number of hydrogen-bond acceptors (Lipinski definition) is 5. The Morgan fingerprint density at radius 2 is 1.67 bits per heavy atom. The number of rotatable bonds is 9. The highest BCUT2D eigenvalue weighted by Crippen LogP contribution is 2.51. The number of carbonyl (C=O) groups is 2. The zero-order valence-electron chi connectivity index (χ0n) is 23.6. The van der Waals surface area contributed by atoms with E-state index in [1.807, 2.05) is 61.5 Å². The highest BCUT2D eigenvalue weighted by Gasteiger charge is 2.50. The SMILES string of the molecule is CN(C)CCNC(=O)c1ccc(-c2cc(CC(=O)C3(c4ccc5c(c4)OCO5)CC3)ccc2C(C)(C)C)cc1.[HH]. The van der Waals surface area contributed by atoms with Gasteiger partial charge in [-0.2, -0.15) is 0 Å². The third-order valence-electron chi connectivity index (χ3n) is 7.77. The number of fused-ring (bicyclic) bond motifs is 1. The summed E-state index contributed by atoms with van der Waals surface area (Å²) in [6.07, 6.45) is 2.09. The summed E-state index contributed by atoms with van der Waals surface area (Å²) >= 11 is 0. The van der Waals surface area contributed by atoms with E-state index in [-0.39, 0.29) is 25.3 Å². The Morgan fingerprint density at radius 1 is 0.949 bits per heavy atom. The Kier molecular flexibility index (Phi) is 7.25. The lowest BCUT2D eigenvalue weighted by Crippen LogP contribution is -2.31. The third kappa shape index (κ3) is 5.71. The predicted octanol–water partition coefficient (Wildman–Crippen LogP) is 5.76. The fraction of sp³-hybridized carbons (Fsp3) is 0.394. The molecule has 0 bridgehead atoms. The lowest BCUT2D eigenvalue weighted by molar-refractivity contribution is -0.120. The van der Waals surface area contributed by atoms with Crippen molar-refractivity contribution >= 4 is 11.7 Å². The van der Waals surface area contributed by atoms with Crippen LogP contribution in [0.15, 0.2) is 60.7 Å². The van der Waals surface area contributed by atoms with Gasteiger partial charge in [0.1, 0.15) is 5.78 Å². The number of nitrogens with one attached hydrogen (secondary N) is 1. The second-order valence-electron chi connectivity index (χ2n) is 12.0. The van der Waals surface area contributed by atoms with Crippen molar-refractivity contribution in [3.63, 3.8) is 0 Å². The summed E-state index contributed by atoms with van der Waals surface area (Å²) in [4.78, 5) is 28.3. The maximum Gasteiger partial charge on any atom is 0.251 e. The minimum atomic E-state index is -0.439. The summed E-state index contributed by atoms with van der Waals surface area (Å²) in [5, 5.41) is 2.97. The number of Topliss-reactive ketones (excluding diaryl/α,β-unsaturated/α-hetero) is 1. The molecule has 0 unspecified atom stereocenters. The van der Waals surface area contributed by atoms with Crippen LogP contribution in [0.3, 0.4) is 0 Å². The molecule has 39 heavy (non-hydrogen) atoms. The van der Waals surface area contributed by atoms with E-state index in [2.05, 4.69) is 44.3 Å². The molecule has 1 fully saturated rings. The van der Waals surface area contributed by atoms with Crippen molar-refractivity contribution in [3.05, 3.63) is 82.9 Å². The van der Waals surface area contributed by atoms with Crippen molar-refractivity contribution < 1.29 is 20.5 Å². The molecule has 1 aliphatic carbocycles. The molecule has 206 valence electrons. The Labute approximate surface area is 232 Å². The van der Waals surface area contributed by atoms with E-state index in [9.17, 15) is 9.59 Å². The first kappa shape index (κ1) is 26.9. The summed E-state index contributed by atoms with van der Waals surface area (Å²) in [6.45, 7) is 8.21. The third-order valence-corrected chi connectivity index (χ3v) is 7.77. The average Bonchev–Trinajstić information content (AvgIpc) is 3.58. The molecule has 0 atom stereocenters. The van der Waals surface area contributed by atoms with Gasteiger partial charge in [-0.25, -0.2) is 0 Å². The fourth-order valence-corrected chi connectivity index (χ4v) is 5.29. The molecule has 1 amide bonds. The Balaban J connectivity index is 0.00000370. The number of nitrogens with zero attached hydrogens (tertiary/aromatic N) is 1. The molecule has 0 radical (unpaired) electrons. The minimum absolute atomic E-state index is 0. The fourth-order valence-electron chi connectivity index (χ4n) is 5.29. The van der Waals surface area contributed by atoms with Crippen molar-refractivity contribution in [3.8, 4) is 22.6 Å². The first-order chi connectivity index (χ1) is 18.6. The van der Waals surface area contributed by atoms with Crippen LogP contribution in [0.5, 0.6) is 11.5 Å². The summed E-state index contributed by atoms with van der Waals surface area (Å²) in [7, 11) is 3.97. The normalized spacial score (nSPS) is 15.3. The molecule has 1 N–H and O–H groups in total. The molecule has 0 saturated heterocycles. The Hall–Kier alpha value is -3.64. The number of ether oxygens (including phenoxy) is 2. The number of amides is 1. The van der Waals surface area contributed by atoms with Gasteiger partial charge in [-0.15, -0.1) is 0 Å². The van der Waals surface area contributed by atoms with Gasteiger partial charge in [0.05, 0.1) is 5.41 Å². The maximum absolute atomic E-state index is 13.7. The summed E-state index contributed by atoms with van der Waals surface area (Å²) in [6, 6.07) is 20.0. The van der Waals surface area contributed by atoms with Gasteiger partial charge >= 0.3 is 0 Å². The van der Waals surface area contributed by atoms with Gasteiger partial charge < -0.3 is 19.7 Å². The Morgan fingerprint density at radius 3 is 2.33 bits per heavy atom. The quantitative estimate of drug-likeness (QED) is 0.382. The van der Waals surface area contributed by atoms with E-state index in [4.69, 9.17) is 9.47 Å². The van der Waals surface area contributed by atoms with Crippen LogP contribution in [0.25, 0.3) is 11.1 Å². The summed E-state index contributed by atoms with van der Waals surface area (Å²) in [5.41, 5.74) is 5.48. The zero-order chi connectivity index (χ0) is 27.8. The van der Waals surface area contributed by atoms with Crippen LogP contribution < -0.4 is 14.8 Å². The standard InChI is InChI=1S/C33H38N2O4.H2/c1-32(2,3)27-12-6-22(18-26(27)23-7-9-24(10-8-23)31(37)34-16-17-35(4)5)19-30(36)33(14-15-33)25-11-13-28-29(20-25)39-21-38-28;/h6-13,18,20H,14-17,19,21H2,1-5H3,(H,34,37);1H. The first-order valence-electron chi connectivity index (χ1n) is 13.7. The van der Waals surface area contributed by atoms with Crippen molar-refractivity contribution in [2.45, 2.75) is 50.9 Å². The second kappa shape index (κ2) is 10.5. The highest BCUT2D eigenvalue weighted by atomic mass is 16.7. The lowest BCUT2D eigenvalue weighted by atomic mass is 9.80. The Bertz CT molecular complexity index is 1390. The van der Waals surface area contributed by atoms with Gasteiger partial charge in [0.2, 0.25) is 6.79 Å². The molecule has 6 nitrogen and oxygen atoms in total. The molecule has 5 rings (SSSR count). The van der Waals surface area contributed by atoms with Crippen molar-refractivity contribution in [2.75, 3.05) is 34.0 Å². The minimum Gasteiger partial charge on any atom is -0.454 e. The maximum atomic E-state index is 13.7. The summed E-state index contributed by atoms with van der Waals surface area (Å²) < 4.78 is 11.0. The van der Waals surface area contributed by atoms with E-state index in [1.165, 1.54) is 5.56 Å². The van der Waals surface area contributed by atoms with Crippen LogP contribution in [-0.4, -0.2) is 50.6 Å². The van der Waals surface area contributed by atoms with Crippen molar-refractivity contribution in [2.24, 2.45) is 0 Å². The van der Waals surface area contributed by atoms with E-state index in [1.54, 1.807) is 0 Å².